The topological polar surface area (TPSA) is 43.6 Å². The van der Waals surface area contributed by atoms with Crippen LogP contribution in [-0.4, -0.2) is 19.5 Å². The number of hydrogen-bond acceptors (Lipinski definition) is 3. The van der Waals surface area contributed by atoms with Crippen LogP contribution < -0.4 is 0 Å². The molecule has 0 N–H and O–H groups in total. The van der Waals surface area contributed by atoms with Crippen LogP contribution in [-0.2, 0) is 0 Å². The molecule has 0 amide bonds. The third-order valence-corrected chi connectivity index (χ3v) is 9.34. The summed E-state index contributed by atoms with van der Waals surface area (Å²) in [5.41, 5.74) is 10.9. The van der Waals surface area contributed by atoms with E-state index in [0.717, 1.165) is 49.8 Å². The van der Waals surface area contributed by atoms with Crippen molar-refractivity contribution in [1.29, 1.82) is 0 Å². The van der Waals surface area contributed by atoms with E-state index in [2.05, 4.69) is 176 Å². The fourth-order valence-electron chi connectivity index (χ4n) is 7.05. The largest absolute Gasteiger partial charge is 0.278 e. The van der Waals surface area contributed by atoms with Crippen molar-refractivity contribution in [3.8, 4) is 51.0 Å². The first-order chi connectivity index (χ1) is 24.1. The smallest absolute Gasteiger partial charge is 0.238 e. The summed E-state index contributed by atoms with van der Waals surface area (Å²) in [7, 11) is 0. The van der Waals surface area contributed by atoms with E-state index in [9.17, 15) is 0 Å². The Labute approximate surface area is 285 Å². The zero-order chi connectivity index (χ0) is 32.9. The van der Waals surface area contributed by atoms with Crippen LogP contribution in [0, 0.1) is 13.8 Å². The molecule has 0 aliphatic rings. The number of rotatable bonds is 5. The molecule has 0 unspecified atom stereocenters. The normalized spacial score (nSPS) is 11.5. The Balaban J connectivity index is 1.43. The van der Waals surface area contributed by atoms with Crippen molar-refractivity contribution >= 4 is 32.6 Å². The summed E-state index contributed by atoms with van der Waals surface area (Å²) in [6, 6.07) is 55.7. The van der Waals surface area contributed by atoms with E-state index in [-0.39, 0.29) is 0 Å². The predicted molar refractivity (Wildman–Crippen MR) is 203 cm³/mol. The van der Waals surface area contributed by atoms with E-state index in [1.54, 1.807) is 0 Å². The fraction of sp³-hybridized carbons (Fsp3) is 0.0444. The Hall–Kier alpha value is -6.39. The van der Waals surface area contributed by atoms with Crippen LogP contribution >= 0.6 is 0 Å². The van der Waals surface area contributed by atoms with Crippen molar-refractivity contribution in [2.45, 2.75) is 13.8 Å². The molecule has 0 fully saturated rings. The molecule has 9 aromatic rings. The minimum Gasteiger partial charge on any atom is -0.278 e. The first-order valence-electron chi connectivity index (χ1n) is 16.6. The monoisotopic (exact) mass is 628 g/mol. The van der Waals surface area contributed by atoms with E-state index in [1.807, 2.05) is 0 Å². The average molecular weight is 629 g/mol. The van der Waals surface area contributed by atoms with Gasteiger partial charge in [0.15, 0.2) is 11.6 Å². The molecule has 7 aromatic carbocycles. The molecule has 9 rings (SSSR count). The Morgan fingerprint density at radius 3 is 1.59 bits per heavy atom. The molecular formula is C45H32N4. The number of fused-ring (bicyclic) bond motifs is 5. The van der Waals surface area contributed by atoms with Gasteiger partial charge in [-0.3, -0.25) is 4.57 Å². The summed E-state index contributed by atoms with van der Waals surface area (Å²) in [5.74, 6) is 1.87. The molecule has 2 aromatic heterocycles. The zero-order valence-electron chi connectivity index (χ0n) is 27.3. The van der Waals surface area contributed by atoms with Gasteiger partial charge in [0.2, 0.25) is 5.95 Å². The summed E-state index contributed by atoms with van der Waals surface area (Å²) in [6.45, 7) is 4.20. The van der Waals surface area contributed by atoms with E-state index in [1.165, 1.54) is 27.3 Å². The van der Waals surface area contributed by atoms with Crippen LogP contribution in [0.5, 0.6) is 0 Å². The number of nitrogens with zero attached hydrogens (tertiary/aromatic N) is 4. The molecule has 49 heavy (non-hydrogen) atoms. The molecule has 4 nitrogen and oxygen atoms in total. The lowest BCUT2D eigenvalue weighted by atomic mass is 9.94. The lowest BCUT2D eigenvalue weighted by Gasteiger charge is -2.13. The van der Waals surface area contributed by atoms with E-state index >= 15 is 0 Å². The molecule has 4 heteroatoms. The van der Waals surface area contributed by atoms with Gasteiger partial charge in [-0.15, -0.1) is 0 Å². The first kappa shape index (κ1) is 28.8. The van der Waals surface area contributed by atoms with Gasteiger partial charge in [0.1, 0.15) is 0 Å². The first-order valence-corrected chi connectivity index (χ1v) is 16.6. The molecule has 0 bridgehead atoms. The zero-order valence-corrected chi connectivity index (χ0v) is 27.3. The minimum absolute atomic E-state index is 0.586. The summed E-state index contributed by atoms with van der Waals surface area (Å²) in [4.78, 5) is 15.6. The highest BCUT2D eigenvalue weighted by Crippen LogP contribution is 2.42. The van der Waals surface area contributed by atoms with E-state index < -0.39 is 0 Å². The van der Waals surface area contributed by atoms with Crippen LogP contribution in [0.3, 0.4) is 0 Å². The van der Waals surface area contributed by atoms with Gasteiger partial charge in [-0.25, -0.2) is 4.98 Å². The molecule has 2 heterocycles. The summed E-state index contributed by atoms with van der Waals surface area (Å²) in [6.07, 6.45) is 0. The second-order valence-electron chi connectivity index (χ2n) is 12.7. The second kappa shape index (κ2) is 11.7. The second-order valence-corrected chi connectivity index (χ2v) is 12.7. The molecule has 0 radical (unpaired) electrons. The molecular weight excluding hydrogens is 597 g/mol. The van der Waals surface area contributed by atoms with Crippen LogP contribution in [0.15, 0.2) is 158 Å². The van der Waals surface area contributed by atoms with Gasteiger partial charge in [-0.1, -0.05) is 145 Å². The molecule has 232 valence electrons. The van der Waals surface area contributed by atoms with Crippen molar-refractivity contribution in [1.82, 2.24) is 19.5 Å². The van der Waals surface area contributed by atoms with Crippen LogP contribution in [0.4, 0.5) is 0 Å². The van der Waals surface area contributed by atoms with Gasteiger partial charge in [0, 0.05) is 21.9 Å². The van der Waals surface area contributed by atoms with Crippen LogP contribution in [0.25, 0.3) is 83.6 Å². The van der Waals surface area contributed by atoms with Crippen LogP contribution in [0.2, 0.25) is 0 Å². The molecule has 0 spiro atoms. The van der Waals surface area contributed by atoms with Crippen LogP contribution in [0.1, 0.15) is 11.1 Å². The highest BCUT2D eigenvalue weighted by molar-refractivity contribution is 6.24. The van der Waals surface area contributed by atoms with E-state index in [4.69, 9.17) is 15.0 Å². The third kappa shape index (κ3) is 5.06. The molecule has 0 aliphatic heterocycles. The van der Waals surface area contributed by atoms with Gasteiger partial charge in [-0.05, 0) is 71.1 Å². The van der Waals surface area contributed by atoms with Crippen molar-refractivity contribution in [2.24, 2.45) is 0 Å². The lowest BCUT2D eigenvalue weighted by molar-refractivity contribution is 0.953. The maximum Gasteiger partial charge on any atom is 0.238 e. The number of hydrogen-bond donors (Lipinski definition) is 0. The van der Waals surface area contributed by atoms with Gasteiger partial charge in [0.25, 0.3) is 0 Å². The van der Waals surface area contributed by atoms with Crippen molar-refractivity contribution < 1.29 is 0 Å². The average Bonchev–Trinajstić information content (AvgIpc) is 3.49. The number of aromatic nitrogens is 4. The summed E-state index contributed by atoms with van der Waals surface area (Å²) in [5, 5.41) is 4.74. The molecule has 0 saturated heterocycles. The van der Waals surface area contributed by atoms with E-state index in [0.29, 0.717) is 17.6 Å². The summed E-state index contributed by atoms with van der Waals surface area (Å²) < 4.78 is 2.25. The Morgan fingerprint density at radius 2 is 0.959 bits per heavy atom. The molecule has 0 aliphatic carbocycles. The Kier molecular flexibility index (Phi) is 6.87. The standard InChI is InChI=1S/C45H32N4/c1-29-13-11-19-34(25-29)43-46-44(35-20-12-14-30(2)26-35)48-45(47-43)49-40-27-33(31-15-5-3-6-16-31)23-24-38(40)42-37-22-10-9-21-36(37)39(28-41(42)49)32-17-7-4-8-18-32/h3-28H,1-2H3. The van der Waals surface area contributed by atoms with Gasteiger partial charge in [0.05, 0.1) is 11.0 Å². The lowest BCUT2D eigenvalue weighted by Crippen LogP contribution is -2.06. The van der Waals surface area contributed by atoms with Crippen molar-refractivity contribution in [3.05, 3.63) is 169 Å². The van der Waals surface area contributed by atoms with Gasteiger partial charge in [-0.2, -0.15) is 9.97 Å². The van der Waals surface area contributed by atoms with Gasteiger partial charge >= 0.3 is 0 Å². The number of aryl methyl sites for hydroxylation is 2. The number of benzene rings is 7. The fourth-order valence-corrected chi connectivity index (χ4v) is 7.05. The highest BCUT2D eigenvalue weighted by Gasteiger charge is 2.22. The molecule has 0 atom stereocenters. The molecule has 0 saturated carbocycles. The quantitative estimate of drug-likeness (QED) is 0.190. The third-order valence-electron chi connectivity index (χ3n) is 9.34. The Bertz CT molecular complexity index is 2610. The maximum absolute atomic E-state index is 5.26. The van der Waals surface area contributed by atoms with Crippen molar-refractivity contribution in [3.63, 3.8) is 0 Å². The predicted octanol–water partition coefficient (Wildman–Crippen LogP) is 11.4. The Morgan fingerprint density at radius 1 is 0.388 bits per heavy atom. The van der Waals surface area contributed by atoms with Gasteiger partial charge < -0.3 is 0 Å². The SMILES string of the molecule is Cc1cccc(-c2nc(-c3cccc(C)c3)nc(-n3c4cc(-c5ccccc5)ccc4c4c5ccccc5c(-c5ccccc5)cc43)n2)c1. The summed E-state index contributed by atoms with van der Waals surface area (Å²) >= 11 is 0. The maximum atomic E-state index is 5.26. The minimum atomic E-state index is 0.586. The van der Waals surface area contributed by atoms with Crippen molar-refractivity contribution in [2.75, 3.05) is 0 Å². The highest BCUT2D eigenvalue weighted by atomic mass is 15.2.